The highest BCUT2D eigenvalue weighted by molar-refractivity contribution is 6.35. The highest BCUT2D eigenvalue weighted by Gasteiger charge is 2.16. The van der Waals surface area contributed by atoms with Gasteiger partial charge in [0.05, 0.1) is 17.5 Å². The second kappa shape index (κ2) is 6.40. The highest BCUT2D eigenvalue weighted by Crippen LogP contribution is 2.23. The summed E-state index contributed by atoms with van der Waals surface area (Å²) in [4.78, 5) is 16.7. The summed E-state index contributed by atoms with van der Waals surface area (Å²) >= 11 is 11.9. The van der Waals surface area contributed by atoms with Gasteiger partial charge < -0.3 is 5.32 Å². The number of benzene rings is 1. The molecule has 3 aromatic rings. The normalized spacial score (nSPS) is 10.6. The molecular weight excluding hydrogens is 335 g/mol. The maximum Gasteiger partial charge on any atom is 0.259 e. The zero-order chi connectivity index (χ0) is 16.4. The second-order valence-corrected chi connectivity index (χ2v) is 5.73. The van der Waals surface area contributed by atoms with E-state index in [0.29, 0.717) is 32.8 Å². The summed E-state index contributed by atoms with van der Waals surface area (Å²) in [6, 6.07) is 10.4. The number of nitrogens with one attached hydrogen (secondary N) is 1. The third-order valence-corrected chi connectivity index (χ3v) is 3.68. The van der Waals surface area contributed by atoms with Gasteiger partial charge in [-0.15, -0.1) is 0 Å². The molecule has 0 aliphatic heterocycles. The van der Waals surface area contributed by atoms with Crippen LogP contribution in [0.25, 0.3) is 5.82 Å². The molecule has 0 unspecified atom stereocenters. The van der Waals surface area contributed by atoms with Crippen molar-refractivity contribution in [1.82, 2.24) is 14.8 Å². The maximum absolute atomic E-state index is 12.4. The maximum atomic E-state index is 12.4. The first-order chi connectivity index (χ1) is 11.0. The molecule has 0 fully saturated rings. The lowest BCUT2D eigenvalue weighted by atomic mass is 10.2. The van der Waals surface area contributed by atoms with Gasteiger partial charge in [0, 0.05) is 21.9 Å². The van der Waals surface area contributed by atoms with Crippen molar-refractivity contribution in [3.63, 3.8) is 0 Å². The van der Waals surface area contributed by atoms with Crippen molar-refractivity contribution in [3.8, 4) is 5.82 Å². The van der Waals surface area contributed by atoms with Gasteiger partial charge in [0.15, 0.2) is 5.82 Å². The van der Waals surface area contributed by atoms with Gasteiger partial charge in [0.25, 0.3) is 5.91 Å². The van der Waals surface area contributed by atoms with E-state index in [1.165, 1.54) is 6.20 Å². The Kier molecular flexibility index (Phi) is 4.32. The first-order valence-corrected chi connectivity index (χ1v) is 7.53. The Bertz CT molecular complexity index is 842. The monoisotopic (exact) mass is 346 g/mol. The number of hydrogen-bond acceptors (Lipinski definition) is 3. The van der Waals surface area contributed by atoms with E-state index in [-0.39, 0.29) is 5.91 Å². The zero-order valence-corrected chi connectivity index (χ0v) is 13.6. The number of pyridine rings is 1. The fourth-order valence-corrected chi connectivity index (χ4v) is 2.69. The highest BCUT2D eigenvalue weighted by atomic mass is 35.5. The van der Waals surface area contributed by atoms with Crippen LogP contribution in [0.4, 0.5) is 5.69 Å². The third-order valence-electron chi connectivity index (χ3n) is 3.24. The van der Waals surface area contributed by atoms with Crippen LogP contribution in [0.5, 0.6) is 0 Å². The van der Waals surface area contributed by atoms with Crippen molar-refractivity contribution in [2.24, 2.45) is 0 Å². The standard InChI is InChI=1S/C16H12Cl2N4O/c1-10-14(9-20-22(10)15-4-2-3-5-19-15)16(23)21-13-7-11(17)6-12(18)8-13/h2-9H,1H3,(H,21,23). The van der Waals surface area contributed by atoms with Gasteiger partial charge in [-0.1, -0.05) is 29.3 Å². The minimum atomic E-state index is -0.289. The summed E-state index contributed by atoms with van der Waals surface area (Å²) in [7, 11) is 0. The molecule has 0 aliphatic carbocycles. The number of carbonyl (C=O) groups excluding carboxylic acids is 1. The van der Waals surface area contributed by atoms with Crippen molar-refractivity contribution < 1.29 is 4.79 Å². The molecule has 0 aliphatic rings. The van der Waals surface area contributed by atoms with E-state index in [1.807, 2.05) is 25.1 Å². The molecule has 23 heavy (non-hydrogen) atoms. The van der Waals surface area contributed by atoms with Crippen LogP contribution >= 0.6 is 23.2 Å². The van der Waals surface area contributed by atoms with Gasteiger partial charge in [-0.05, 0) is 37.3 Å². The minimum absolute atomic E-state index is 0.289. The SMILES string of the molecule is Cc1c(C(=O)Nc2cc(Cl)cc(Cl)c2)cnn1-c1ccccn1. The predicted molar refractivity (Wildman–Crippen MR) is 90.5 cm³/mol. The van der Waals surface area contributed by atoms with Gasteiger partial charge in [-0.3, -0.25) is 4.79 Å². The quantitative estimate of drug-likeness (QED) is 0.775. The molecule has 2 aromatic heterocycles. The lowest BCUT2D eigenvalue weighted by molar-refractivity contribution is 0.102. The van der Waals surface area contributed by atoms with Crippen LogP contribution in [-0.2, 0) is 0 Å². The first kappa shape index (κ1) is 15.5. The molecule has 0 spiro atoms. The third kappa shape index (κ3) is 3.36. The molecule has 0 saturated heterocycles. The van der Waals surface area contributed by atoms with Crippen molar-refractivity contribution in [2.45, 2.75) is 6.92 Å². The van der Waals surface area contributed by atoms with Crippen LogP contribution in [0.15, 0.2) is 48.8 Å². The molecule has 3 rings (SSSR count). The number of amides is 1. The fraction of sp³-hybridized carbons (Fsp3) is 0.0625. The summed E-state index contributed by atoms with van der Waals surface area (Å²) in [6.07, 6.45) is 3.18. The number of aromatic nitrogens is 3. The summed E-state index contributed by atoms with van der Waals surface area (Å²) in [6.45, 7) is 1.81. The lowest BCUT2D eigenvalue weighted by Crippen LogP contribution is -2.13. The molecule has 7 heteroatoms. The van der Waals surface area contributed by atoms with E-state index in [1.54, 1.807) is 29.1 Å². The molecule has 1 aromatic carbocycles. The molecule has 0 radical (unpaired) electrons. The summed E-state index contributed by atoms with van der Waals surface area (Å²) in [5, 5.41) is 7.89. The Hall–Kier alpha value is -2.37. The van der Waals surface area contributed by atoms with Crippen molar-refractivity contribution in [1.29, 1.82) is 0 Å². The average molecular weight is 347 g/mol. The van der Waals surface area contributed by atoms with Crippen LogP contribution in [0, 0.1) is 6.92 Å². The number of nitrogens with zero attached hydrogens (tertiary/aromatic N) is 3. The summed E-state index contributed by atoms with van der Waals surface area (Å²) < 4.78 is 1.61. The number of carbonyl (C=O) groups is 1. The number of anilines is 1. The Labute approximate surface area is 142 Å². The average Bonchev–Trinajstić information content (AvgIpc) is 2.89. The largest absolute Gasteiger partial charge is 0.322 e. The van der Waals surface area contributed by atoms with E-state index in [0.717, 1.165) is 0 Å². The zero-order valence-electron chi connectivity index (χ0n) is 12.1. The van der Waals surface area contributed by atoms with Gasteiger partial charge in [-0.25, -0.2) is 9.67 Å². The summed E-state index contributed by atoms with van der Waals surface area (Å²) in [5.74, 6) is 0.359. The van der Waals surface area contributed by atoms with Gasteiger partial charge >= 0.3 is 0 Å². The van der Waals surface area contributed by atoms with E-state index in [2.05, 4.69) is 15.4 Å². The van der Waals surface area contributed by atoms with E-state index in [9.17, 15) is 4.79 Å². The van der Waals surface area contributed by atoms with E-state index >= 15 is 0 Å². The second-order valence-electron chi connectivity index (χ2n) is 4.86. The molecule has 1 N–H and O–H groups in total. The minimum Gasteiger partial charge on any atom is -0.322 e. The first-order valence-electron chi connectivity index (χ1n) is 6.78. The van der Waals surface area contributed by atoms with E-state index in [4.69, 9.17) is 23.2 Å². The van der Waals surface area contributed by atoms with Gasteiger partial charge in [0.1, 0.15) is 0 Å². The smallest absolute Gasteiger partial charge is 0.259 e. The Morgan fingerprint density at radius 1 is 1.17 bits per heavy atom. The molecule has 1 amide bonds. The van der Waals surface area contributed by atoms with Crippen LogP contribution in [0.2, 0.25) is 10.0 Å². The van der Waals surface area contributed by atoms with Crippen molar-refractivity contribution in [3.05, 3.63) is 70.1 Å². The van der Waals surface area contributed by atoms with E-state index < -0.39 is 0 Å². The summed E-state index contributed by atoms with van der Waals surface area (Å²) in [5.41, 5.74) is 1.67. The van der Waals surface area contributed by atoms with Crippen molar-refractivity contribution >= 4 is 34.8 Å². The Morgan fingerprint density at radius 2 is 1.91 bits per heavy atom. The van der Waals surface area contributed by atoms with Crippen LogP contribution in [0.3, 0.4) is 0 Å². The Balaban J connectivity index is 1.87. The number of hydrogen-bond donors (Lipinski definition) is 1. The van der Waals surface area contributed by atoms with Gasteiger partial charge in [0.2, 0.25) is 0 Å². The number of rotatable bonds is 3. The van der Waals surface area contributed by atoms with Gasteiger partial charge in [-0.2, -0.15) is 5.10 Å². The van der Waals surface area contributed by atoms with Crippen LogP contribution < -0.4 is 5.32 Å². The molecule has 2 heterocycles. The van der Waals surface area contributed by atoms with Crippen LogP contribution in [-0.4, -0.2) is 20.7 Å². The van der Waals surface area contributed by atoms with Crippen LogP contribution in [0.1, 0.15) is 16.1 Å². The number of halogens is 2. The fourth-order valence-electron chi connectivity index (χ4n) is 2.17. The molecule has 116 valence electrons. The topological polar surface area (TPSA) is 59.8 Å². The molecule has 0 saturated carbocycles. The molecule has 5 nitrogen and oxygen atoms in total. The molecule has 0 bridgehead atoms. The van der Waals surface area contributed by atoms with Crippen molar-refractivity contribution in [2.75, 3.05) is 5.32 Å². The predicted octanol–water partition coefficient (Wildman–Crippen LogP) is 4.13. The lowest BCUT2D eigenvalue weighted by Gasteiger charge is -2.07. The molecular formula is C16H12Cl2N4O. The molecule has 0 atom stereocenters. The Morgan fingerprint density at radius 3 is 2.57 bits per heavy atom.